The monoisotopic (exact) mass is 610 g/mol. The van der Waals surface area contributed by atoms with Crippen molar-refractivity contribution in [1.29, 1.82) is 0 Å². The normalized spacial score (nSPS) is 11.8. The summed E-state index contributed by atoms with van der Waals surface area (Å²) in [5.74, 6) is 4.51. The Kier molecular flexibility index (Phi) is 10.3. The van der Waals surface area contributed by atoms with Crippen LogP contribution in [-0.4, -0.2) is 17.3 Å². The van der Waals surface area contributed by atoms with Crippen LogP contribution in [0.3, 0.4) is 0 Å². The van der Waals surface area contributed by atoms with Gasteiger partial charge in [0.05, 0.1) is 7.11 Å². The highest BCUT2D eigenvalue weighted by Gasteiger charge is 2.15. The van der Waals surface area contributed by atoms with Crippen LogP contribution < -0.4 is 14.2 Å². The molecule has 232 valence electrons. The van der Waals surface area contributed by atoms with Crippen molar-refractivity contribution in [3.63, 3.8) is 0 Å². The summed E-state index contributed by atoms with van der Waals surface area (Å²) >= 11 is 0. The molecular weight excluding hydrogens is 572 g/mol. The minimum atomic E-state index is 0.446. The Balaban J connectivity index is 1.44. The SMILES string of the molecule is C/C=C/c1cc(Oc2cc(/C=C/C)c(Oc3ccc(-c4nnc(-c5ccc(C)cc5)o4)cc3)c(/C=C/C)c2)cc(/C=C/C)c1OC. The van der Waals surface area contributed by atoms with Crippen LogP contribution in [0.5, 0.6) is 28.7 Å². The Labute approximate surface area is 271 Å². The number of aromatic nitrogens is 2. The molecule has 1 aromatic heterocycles. The lowest BCUT2D eigenvalue weighted by Crippen LogP contribution is -1.96. The van der Waals surface area contributed by atoms with Crippen molar-refractivity contribution < 1.29 is 18.6 Å². The molecule has 0 unspecified atom stereocenters. The van der Waals surface area contributed by atoms with Crippen molar-refractivity contribution in [3.05, 3.63) is 125 Å². The first-order valence-electron chi connectivity index (χ1n) is 15.2. The molecule has 6 nitrogen and oxygen atoms in total. The summed E-state index contributed by atoms with van der Waals surface area (Å²) in [6.07, 6.45) is 16.0. The second kappa shape index (κ2) is 14.9. The lowest BCUT2D eigenvalue weighted by atomic mass is 10.1. The molecule has 0 fully saturated rings. The third-order valence-corrected chi connectivity index (χ3v) is 7.11. The third-order valence-electron chi connectivity index (χ3n) is 7.11. The van der Waals surface area contributed by atoms with E-state index < -0.39 is 0 Å². The van der Waals surface area contributed by atoms with Gasteiger partial charge in [-0.05, 0) is 95.3 Å². The number of rotatable bonds is 11. The molecule has 5 rings (SSSR count). The molecule has 6 heteroatoms. The molecule has 0 saturated carbocycles. The van der Waals surface area contributed by atoms with E-state index in [0.29, 0.717) is 29.0 Å². The fourth-order valence-corrected chi connectivity index (χ4v) is 5.05. The molecular formula is C40H38N2O4. The summed E-state index contributed by atoms with van der Waals surface area (Å²) in [5, 5.41) is 8.49. The van der Waals surface area contributed by atoms with Gasteiger partial charge in [0.15, 0.2) is 0 Å². The number of benzene rings is 4. The van der Waals surface area contributed by atoms with E-state index in [4.69, 9.17) is 18.6 Å². The topological polar surface area (TPSA) is 66.6 Å². The summed E-state index contributed by atoms with van der Waals surface area (Å²) in [4.78, 5) is 0. The molecule has 0 N–H and O–H groups in total. The Morgan fingerprint density at radius 3 is 1.35 bits per heavy atom. The van der Waals surface area contributed by atoms with Gasteiger partial charge in [-0.2, -0.15) is 0 Å². The van der Waals surface area contributed by atoms with Crippen LogP contribution in [-0.2, 0) is 0 Å². The van der Waals surface area contributed by atoms with Crippen LogP contribution in [0, 0.1) is 6.92 Å². The molecule has 46 heavy (non-hydrogen) atoms. The molecule has 1 heterocycles. The van der Waals surface area contributed by atoms with Crippen LogP contribution in [0.25, 0.3) is 47.2 Å². The van der Waals surface area contributed by atoms with Crippen molar-refractivity contribution in [2.75, 3.05) is 7.11 Å². The molecule has 0 radical (unpaired) electrons. The molecule has 4 aromatic carbocycles. The van der Waals surface area contributed by atoms with Gasteiger partial charge in [0, 0.05) is 33.4 Å². The molecule has 0 aliphatic rings. The summed E-state index contributed by atoms with van der Waals surface area (Å²) in [5.41, 5.74) is 6.50. The fourth-order valence-electron chi connectivity index (χ4n) is 5.05. The highest BCUT2D eigenvalue weighted by atomic mass is 16.5. The number of ether oxygens (including phenoxy) is 3. The number of hydrogen-bond donors (Lipinski definition) is 0. The van der Waals surface area contributed by atoms with E-state index in [1.54, 1.807) is 7.11 Å². The second-order valence-corrected chi connectivity index (χ2v) is 10.6. The van der Waals surface area contributed by atoms with E-state index in [0.717, 1.165) is 44.9 Å². The smallest absolute Gasteiger partial charge is 0.248 e. The van der Waals surface area contributed by atoms with Crippen LogP contribution in [0.1, 0.15) is 55.5 Å². The van der Waals surface area contributed by atoms with E-state index in [1.807, 2.05) is 156 Å². The van der Waals surface area contributed by atoms with E-state index in [-0.39, 0.29) is 0 Å². The quantitative estimate of drug-likeness (QED) is 0.148. The Morgan fingerprint density at radius 1 is 0.522 bits per heavy atom. The van der Waals surface area contributed by atoms with Gasteiger partial charge in [0.2, 0.25) is 11.8 Å². The van der Waals surface area contributed by atoms with E-state index in [9.17, 15) is 0 Å². The molecule has 0 saturated heterocycles. The first kappa shape index (κ1) is 31.8. The summed E-state index contributed by atoms with van der Waals surface area (Å²) < 4.78 is 24.6. The first-order chi connectivity index (χ1) is 22.5. The largest absolute Gasteiger partial charge is 0.496 e. The van der Waals surface area contributed by atoms with Gasteiger partial charge >= 0.3 is 0 Å². The van der Waals surface area contributed by atoms with Gasteiger partial charge in [0.25, 0.3) is 0 Å². The van der Waals surface area contributed by atoms with Gasteiger partial charge in [-0.25, -0.2) is 0 Å². The van der Waals surface area contributed by atoms with Gasteiger partial charge in [-0.1, -0.05) is 66.3 Å². The third kappa shape index (κ3) is 7.36. The van der Waals surface area contributed by atoms with Gasteiger partial charge < -0.3 is 18.6 Å². The lowest BCUT2D eigenvalue weighted by molar-refractivity contribution is 0.410. The molecule has 0 bridgehead atoms. The molecule has 0 atom stereocenters. The van der Waals surface area contributed by atoms with Crippen molar-refractivity contribution in [1.82, 2.24) is 10.2 Å². The maximum absolute atomic E-state index is 6.50. The standard InChI is InChI=1S/C40H38N2O4/c1-7-11-30-23-35(24-31(12-8-2)37(30)43-6)44-36-25-32(13-9-3)38(33(26-36)14-10-4)45-34-21-19-29(20-22-34)40-42-41-39(46-40)28-17-15-27(5)16-18-28/h7-26H,1-6H3/b11-7+,12-8+,13-9+,14-10+. The number of allylic oxidation sites excluding steroid dienone is 4. The first-order valence-corrected chi connectivity index (χ1v) is 15.2. The van der Waals surface area contributed by atoms with Crippen molar-refractivity contribution in [2.24, 2.45) is 0 Å². The van der Waals surface area contributed by atoms with Crippen molar-refractivity contribution in [3.8, 4) is 51.7 Å². The van der Waals surface area contributed by atoms with Crippen LogP contribution in [0.2, 0.25) is 0 Å². The highest BCUT2D eigenvalue weighted by molar-refractivity contribution is 5.73. The van der Waals surface area contributed by atoms with Crippen molar-refractivity contribution in [2.45, 2.75) is 34.6 Å². The fraction of sp³-hybridized carbons (Fsp3) is 0.150. The maximum Gasteiger partial charge on any atom is 0.248 e. The maximum atomic E-state index is 6.50. The van der Waals surface area contributed by atoms with Crippen molar-refractivity contribution >= 4 is 24.3 Å². The molecule has 0 spiro atoms. The predicted molar refractivity (Wildman–Crippen MR) is 188 cm³/mol. The summed E-state index contributed by atoms with van der Waals surface area (Å²) in [6, 6.07) is 23.6. The Hall–Kier alpha value is -5.62. The number of methoxy groups -OCH3 is 1. The zero-order valence-corrected chi connectivity index (χ0v) is 27.1. The highest BCUT2D eigenvalue weighted by Crippen LogP contribution is 2.39. The summed E-state index contributed by atoms with van der Waals surface area (Å²) in [7, 11) is 1.68. The minimum Gasteiger partial charge on any atom is -0.496 e. The van der Waals surface area contributed by atoms with Crippen LogP contribution >= 0.6 is 0 Å². The molecule has 0 aliphatic carbocycles. The second-order valence-electron chi connectivity index (χ2n) is 10.6. The van der Waals surface area contributed by atoms with Gasteiger partial charge in [-0.15, -0.1) is 10.2 Å². The molecule has 5 aromatic rings. The predicted octanol–water partition coefficient (Wildman–Crippen LogP) is 11.4. The lowest BCUT2D eigenvalue weighted by Gasteiger charge is -2.17. The Bertz CT molecular complexity index is 1840. The zero-order valence-electron chi connectivity index (χ0n) is 27.1. The van der Waals surface area contributed by atoms with Crippen LogP contribution in [0.4, 0.5) is 0 Å². The van der Waals surface area contributed by atoms with E-state index >= 15 is 0 Å². The minimum absolute atomic E-state index is 0.446. The molecule has 0 aliphatic heterocycles. The zero-order chi connectivity index (χ0) is 32.5. The summed E-state index contributed by atoms with van der Waals surface area (Å²) in [6.45, 7) is 9.96. The van der Waals surface area contributed by atoms with E-state index in [1.165, 1.54) is 5.56 Å². The average molecular weight is 611 g/mol. The van der Waals surface area contributed by atoms with Gasteiger partial charge in [0.1, 0.15) is 28.7 Å². The average Bonchev–Trinajstić information content (AvgIpc) is 3.54. The van der Waals surface area contributed by atoms with Gasteiger partial charge in [-0.3, -0.25) is 0 Å². The number of aryl methyl sites for hydroxylation is 1. The Morgan fingerprint density at radius 2 is 0.935 bits per heavy atom. The van der Waals surface area contributed by atoms with E-state index in [2.05, 4.69) is 10.2 Å². The number of hydrogen-bond acceptors (Lipinski definition) is 6. The van der Waals surface area contributed by atoms with Crippen LogP contribution in [0.15, 0.2) is 102 Å². The number of nitrogens with zero attached hydrogens (tertiary/aromatic N) is 2. The molecule has 0 amide bonds.